The van der Waals surface area contributed by atoms with Crippen LogP contribution < -0.4 is 11.1 Å². The summed E-state index contributed by atoms with van der Waals surface area (Å²) >= 11 is 0. The highest BCUT2D eigenvalue weighted by Crippen LogP contribution is 2.13. The highest BCUT2D eigenvalue weighted by atomic mass is 16.1. The number of carbonyl (C=O) groups excluding carboxylic acids is 1. The van der Waals surface area contributed by atoms with E-state index in [0.29, 0.717) is 30.1 Å². The van der Waals surface area contributed by atoms with Crippen LogP contribution in [-0.2, 0) is 4.79 Å². The van der Waals surface area contributed by atoms with Crippen LogP contribution in [0.15, 0.2) is 24.3 Å². The van der Waals surface area contributed by atoms with Crippen LogP contribution >= 0.6 is 0 Å². The standard InChI is InChI=1S/C14H19N3O/c1-2-11(9-15)6-7-14(18)17-13-5-3-4-12(8-13)10-16/h3-5,8,11H,2,6-7,9,15H2,1H3,(H,17,18). The summed E-state index contributed by atoms with van der Waals surface area (Å²) in [4.78, 5) is 11.7. The number of benzene rings is 1. The Morgan fingerprint density at radius 3 is 2.94 bits per heavy atom. The van der Waals surface area contributed by atoms with E-state index in [1.807, 2.05) is 6.07 Å². The zero-order valence-electron chi connectivity index (χ0n) is 10.6. The van der Waals surface area contributed by atoms with E-state index in [-0.39, 0.29) is 5.91 Å². The first-order valence-corrected chi connectivity index (χ1v) is 6.19. The SMILES string of the molecule is CCC(CN)CCC(=O)Nc1cccc(C#N)c1. The van der Waals surface area contributed by atoms with Gasteiger partial charge in [-0.05, 0) is 37.1 Å². The second kappa shape index (κ2) is 7.46. The molecule has 1 aromatic carbocycles. The van der Waals surface area contributed by atoms with E-state index in [9.17, 15) is 4.79 Å². The molecular formula is C14H19N3O. The van der Waals surface area contributed by atoms with Gasteiger partial charge in [-0.25, -0.2) is 0 Å². The average Bonchev–Trinajstić information content (AvgIpc) is 2.40. The van der Waals surface area contributed by atoms with Gasteiger partial charge in [0.25, 0.3) is 0 Å². The van der Waals surface area contributed by atoms with Crippen molar-refractivity contribution < 1.29 is 4.79 Å². The van der Waals surface area contributed by atoms with Gasteiger partial charge in [0.05, 0.1) is 11.6 Å². The third kappa shape index (κ3) is 4.56. The molecule has 96 valence electrons. The first-order valence-electron chi connectivity index (χ1n) is 6.19. The molecule has 3 N–H and O–H groups in total. The molecule has 0 aliphatic heterocycles. The molecule has 0 aliphatic rings. The molecule has 0 radical (unpaired) electrons. The summed E-state index contributed by atoms with van der Waals surface area (Å²) in [6.45, 7) is 2.69. The van der Waals surface area contributed by atoms with E-state index in [4.69, 9.17) is 11.0 Å². The highest BCUT2D eigenvalue weighted by Gasteiger charge is 2.08. The molecular weight excluding hydrogens is 226 g/mol. The molecule has 1 atom stereocenters. The molecule has 18 heavy (non-hydrogen) atoms. The third-order valence-corrected chi connectivity index (χ3v) is 2.97. The number of hydrogen-bond donors (Lipinski definition) is 2. The number of carbonyl (C=O) groups is 1. The summed E-state index contributed by atoms with van der Waals surface area (Å²) in [5.41, 5.74) is 6.80. The zero-order chi connectivity index (χ0) is 13.4. The molecule has 0 bridgehead atoms. The molecule has 1 aromatic rings. The van der Waals surface area contributed by atoms with E-state index in [0.717, 1.165) is 12.8 Å². The lowest BCUT2D eigenvalue weighted by atomic mass is 10.0. The normalized spacial score (nSPS) is 11.6. The molecule has 0 aliphatic carbocycles. The van der Waals surface area contributed by atoms with E-state index in [1.54, 1.807) is 24.3 Å². The van der Waals surface area contributed by atoms with E-state index in [1.165, 1.54) is 0 Å². The quantitative estimate of drug-likeness (QED) is 0.806. The molecule has 0 saturated carbocycles. The Bertz CT molecular complexity index is 433. The Labute approximate surface area is 108 Å². The van der Waals surface area contributed by atoms with E-state index in [2.05, 4.69) is 12.2 Å². The second-order valence-electron chi connectivity index (χ2n) is 4.29. The minimum atomic E-state index is -0.0306. The summed E-state index contributed by atoms with van der Waals surface area (Å²) in [7, 11) is 0. The lowest BCUT2D eigenvalue weighted by Gasteiger charge is -2.11. The molecule has 0 spiro atoms. The smallest absolute Gasteiger partial charge is 0.224 e. The van der Waals surface area contributed by atoms with Crippen molar-refractivity contribution >= 4 is 11.6 Å². The number of anilines is 1. The Hall–Kier alpha value is -1.86. The van der Waals surface area contributed by atoms with Gasteiger partial charge in [0.1, 0.15) is 0 Å². The van der Waals surface area contributed by atoms with Gasteiger partial charge in [-0.15, -0.1) is 0 Å². The Kier molecular flexibility index (Phi) is 5.89. The van der Waals surface area contributed by atoms with Gasteiger partial charge in [-0.1, -0.05) is 19.4 Å². The predicted octanol–water partition coefficient (Wildman–Crippen LogP) is 2.26. The maximum atomic E-state index is 11.7. The Balaban J connectivity index is 2.47. The van der Waals surface area contributed by atoms with Crippen molar-refractivity contribution in [1.82, 2.24) is 0 Å². The van der Waals surface area contributed by atoms with Gasteiger partial charge in [0.2, 0.25) is 5.91 Å². The van der Waals surface area contributed by atoms with Crippen LogP contribution in [-0.4, -0.2) is 12.5 Å². The van der Waals surface area contributed by atoms with Crippen molar-refractivity contribution in [3.63, 3.8) is 0 Å². The van der Waals surface area contributed by atoms with Crippen molar-refractivity contribution in [2.24, 2.45) is 11.7 Å². The molecule has 4 heteroatoms. The topological polar surface area (TPSA) is 78.9 Å². The summed E-state index contributed by atoms with van der Waals surface area (Å²) in [5, 5.41) is 11.5. The molecule has 0 fully saturated rings. The van der Waals surface area contributed by atoms with Gasteiger partial charge in [-0.2, -0.15) is 5.26 Å². The first kappa shape index (κ1) is 14.2. The van der Waals surface area contributed by atoms with Crippen molar-refractivity contribution in [1.29, 1.82) is 5.26 Å². The van der Waals surface area contributed by atoms with Crippen molar-refractivity contribution in [3.8, 4) is 6.07 Å². The first-order chi connectivity index (χ1) is 8.69. The van der Waals surface area contributed by atoms with Crippen LogP contribution in [0.4, 0.5) is 5.69 Å². The monoisotopic (exact) mass is 245 g/mol. The maximum Gasteiger partial charge on any atom is 0.224 e. The molecule has 0 heterocycles. The fraction of sp³-hybridized carbons (Fsp3) is 0.429. The van der Waals surface area contributed by atoms with Gasteiger partial charge in [-0.3, -0.25) is 4.79 Å². The fourth-order valence-electron chi connectivity index (χ4n) is 1.71. The van der Waals surface area contributed by atoms with Gasteiger partial charge in [0, 0.05) is 12.1 Å². The number of amides is 1. The number of nitrogens with two attached hydrogens (primary N) is 1. The highest BCUT2D eigenvalue weighted by molar-refractivity contribution is 5.90. The third-order valence-electron chi connectivity index (χ3n) is 2.97. The van der Waals surface area contributed by atoms with E-state index >= 15 is 0 Å². The average molecular weight is 245 g/mol. The Morgan fingerprint density at radius 1 is 1.56 bits per heavy atom. The number of hydrogen-bond acceptors (Lipinski definition) is 3. The van der Waals surface area contributed by atoms with Crippen LogP contribution in [0.2, 0.25) is 0 Å². The minimum absolute atomic E-state index is 0.0306. The van der Waals surface area contributed by atoms with Crippen LogP contribution in [0.1, 0.15) is 31.7 Å². The Morgan fingerprint density at radius 2 is 2.33 bits per heavy atom. The molecule has 4 nitrogen and oxygen atoms in total. The molecule has 0 aromatic heterocycles. The fourth-order valence-corrected chi connectivity index (χ4v) is 1.71. The number of nitrogens with zero attached hydrogens (tertiary/aromatic N) is 1. The van der Waals surface area contributed by atoms with Crippen molar-refractivity contribution in [2.75, 3.05) is 11.9 Å². The predicted molar refractivity (Wildman–Crippen MR) is 71.9 cm³/mol. The minimum Gasteiger partial charge on any atom is -0.330 e. The number of nitriles is 1. The van der Waals surface area contributed by atoms with E-state index < -0.39 is 0 Å². The summed E-state index contributed by atoms with van der Waals surface area (Å²) in [6.07, 6.45) is 2.26. The summed E-state index contributed by atoms with van der Waals surface area (Å²) in [5.74, 6) is 0.373. The molecule has 1 unspecified atom stereocenters. The molecule has 1 rings (SSSR count). The van der Waals surface area contributed by atoms with Crippen LogP contribution in [0, 0.1) is 17.2 Å². The number of nitrogens with one attached hydrogen (secondary N) is 1. The summed E-state index contributed by atoms with van der Waals surface area (Å²) in [6, 6.07) is 8.94. The van der Waals surface area contributed by atoms with Crippen molar-refractivity contribution in [2.45, 2.75) is 26.2 Å². The zero-order valence-corrected chi connectivity index (χ0v) is 10.6. The lowest BCUT2D eigenvalue weighted by Crippen LogP contribution is -2.17. The molecule has 1 amide bonds. The van der Waals surface area contributed by atoms with Crippen LogP contribution in [0.5, 0.6) is 0 Å². The van der Waals surface area contributed by atoms with Crippen LogP contribution in [0.3, 0.4) is 0 Å². The van der Waals surface area contributed by atoms with Gasteiger partial charge >= 0.3 is 0 Å². The second-order valence-corrected chi connectivity index (χ2v) is 4.29. The molecule has 0 saturated heterocycles. The lowest BCUT2D eigenvalue weighted by molar-refractivity contribution is -0.116. The largest absolute Gasteiger partial charge is 0.330 e. The summed E-state index contributed by atoms with van der Waals surface area (Å²) < 4.78 is 0. The maximum absolute atomic E-state index is 11.7. The van der Waals surface area contributed by atoms with Gasteiger partial charge < -0.3 is 11.1 Å². The van der Waals surface area contributed by atoms with Gasteiger partial charge in [0.15, 0.2) is 0 Å². The van der Waals surface area contributed by atoms with Crippen LogP contribution in [0.25, 0.3) is 0 Å². The number of rotatable bonds is 6. The van der Waals surface area contributed by atoms with Crippen molar-refractivity contribution in [3.05, 3.63) is 29.8 Å².